The van der Waals surface area contributed by atoms with Gasteiger partial charge >= 0.3 is 23.9 Å². The Labute approximate surface area is 191 Å². The first-order chi connectivity index (χ1) is 15.4. The molecule has 8 atom stereocenters. The molecule has 180 valence electrons. The fourth-order valence-corrected chi connectivity index (χ4v) is 4.66. The summed E-state index contributed by atoms with van der Waals surface area (Å²) in [4.78, 5) is 50.4. The van der Waals surface area contributed by atoms with Crippen molar-refractivity contribution in [1.29, 1.82) is 0 Å². The van der Waals surface area contributed by atoms with Gasteiger partial charge in [-0.05, 0) is 33.6 Å². The second kappa shape index (κ2) is 7.95. The van der Waals surface area contributed by atoms with Gasteiger partial charge in [0, 0.05) is 12.5 Å². The highest BCUT2D eigenvalue weighted by Gasteiger charge is 2.66. The van der Waals surface area contributed by atoms with Gasteiger partial charge in [-0.1, -0.05) is 12.7 Å². The van der Waals surface area contributed by atoms with Gasteiger partial charge in [-0.25, -0.2) is 14.4 Å². The number of carbonyl (C=O) groups is 4. The molecule has 3 aliphatic heterocycles. The number of epoxide rings is 2. The number of methoxy groups -OCH3 is 1. The lowest BCUT2D eigenvalue weighted by molar-refractivity contribution is -0.175. The summed E-state index contributed by atoms with van der Waals surface area (Å²) in [7, 11) is 1.19. The minimum atomic E-state index is -1.36. The van der Waals surface area contributed by atoms with Crippen LogP contribution in [0.2, 0.25) is 0 Å². The lowest BCUT2D eigenvalue weighted by Crippen LogP contribution is -2.49. The van der Waals surface area contributed by atoms with Gasteiger partial charge in [0.2, 0.25) is 0 Å². The first-order valence-electron chi connectivity index (χ1n) is 10.8. The van der Waals surface area contributed by atoms with E-state index in [0.717, 1.165) is 0 Å². The van der Waals surface area contributed by atoms with E-state index in [2.05, 4.69) is 6.58 Å². The molecule has 3 heterocycles. The second-order valence-corrected chi connectivity index (χ2v) is 9.23. The maximum absolute atomic E-state index is 13.1. The molecule has 4 aliphatic rings. The topological polar surface area (TPSA) is 130 Å². The lowest BCUT2D eigenvalue weighted by Gasteiger charge is -2.34. The van der Waals surface area contributed by atoms with Crippen LogP contribution in [0.15, 0.2) is 23.8 Å². The maximum atomic E-state index is 13.1. The third-order valence-corrected chi connectivity index (χ3v) is 6.97. The summed E-state index contributed by atoms with van der Waals surface area (Å²) in [5.41, 5.74) is -1.77. The average Bonchev–Trinajstić information content (AvgIpc) is 3.57. The molecule has 0 radical (unpaired) electrons. The van der Waals surface area contributed by atoms with E-state index in [0.29, 0.717) is 12.8 Å². The molecule has 0 aromatic carbocycles. The van der Waals surface area contributed by atoms with Gasteiger partial charge in [-0.15, -0.1) is 0 Å². The van der Waals surface area contributed by atoms with Gasteiger partial charge < -0.3 is 28.4 Å². The molecule has 1 aliphatic carbocycles. The van der Waals surface area contributed by atoms with Crippen molar-refractivity contribution < 1.29 is 47.6 Å². The predicted molar refractivity (Wildman–Crippen MR) is 110 cm³/mol. The quantitative estimate of drug-likeness (QED) is 0.258. The van der Waals surface area contributed by atoms with Crippen molar-refractivity contribution in [2.75, 3.05) is 7.11 Å². The number of rotatable bonds is 4. The molecular weight excluding hydrogens is 436 g/mol. The van der Waals surface area contributed by atoms with Gasteiger partial charge in [0.1, 0.15) is 12.2 Å². The number of allylic oxidation sites excluding steroid dienone is 1. The van der Waals surface area contributed by atoms with Crippen LogP contribution in [0.1, 0.15) is 40.5 Å². The monoisotopic (exact) mass is 464 g/mol. The number of hydrogen-bond donors (Lipinski definition) is 0. The van der Waals surface area contributed by atoms with Crippen LogP contribution in [-0.4, -0.2) is 72.7 Å². The van der Waals surface area contributed by atoms with Crippen LogP contribution in [0.3, 0.4) is 0 Å². The van der Waals surface area contributed by atoms with Crippen LogP contribution in [0.5, 0.6) is 0 Å². The van der Waals surface area contributed by atoms with Gasteiger partial charge in [0.25, 0.3) is 0 Å². The Hall–Kier alpha value is -2.72. The van der Waals surface area contributed by atoms with Crippen molar-refractivity contribution in [3.05, 3.63) is 23.8 Å². The molecule has 0 saturated carbocycles. The van der Waals surface area contributed by atoms with E-state index < -0.39 is 65.4 Å². The van der Waals surface area contributed by atoms with Crippen LogP contribution in [0.4, 0.5) is 0 Å². The molecule has 0 amide bonds. The van der Waals surface area contributed by atoms with E-state index in [-0.39, 0.29) is 17.3 Å². The highest BCUT2D eigenvalue weighted by atomic mass is 16.7. The number of esters is 4. The van der Waals surface area contributed by atoms with E-state index in [1.54, 1.807) is 19.9 Å². The SMILES string of the molecule is C=C1C(=O)O[C@H]2[C@H]1C(OC(=O)[C@]1(C)O[C@@H]1C)[C@@H](OC(C)=O)/C(C(=O)OC)=C\CC[C@@]1(C)O[C@H]21. The Morgan fingerprint density at radius 1 is 1.18 bits per heavy atom. The third-order valence-electron chi connectivity index (χ3n) is 6.97. The maximum Gasteiger partial charge on any atom is 0.341 e. The molecule has 0 bridgehead atoms. The van der Waals surface area contributed by atoms with E-state index in [1.165, 1.54) is 14.0 Å². The molecule has 10 nitrogen and oxygen atoms in total. The van der Waals surface area contributed by atoms with Crippen molar-refractivity contribution in [2.45, 2.75) is 82.3 Å². The normalized spacial score (nSPS) is 43.1. The molecule has 4 rings (SSSR count). The van der Waals surface area contributed by atoms with E-state index in [9.17, 15) is 19.2 Å². The molecule has 33 heavy (non-hydrogen) atoms. The molecule has 0 aromatic rings. The molecule has 1 unspecified atom stereocenters. The van der Waals surface area contributed by atoms with Gasteiger partial charge in [0.05, 0.1) is 30.3 Å². The highest BCUT2D eigenvalue weighted by molar-refractivity contribution is 5.93. The number of fused-ring (bicyclic) bond motifs is 3. The molecule has 3 saturated heterocycles. The average molecular weight is 464 g/mol. The van der Waals surface area contributed by atoms with Crippen molar-refractivity contribution in [2.24, 2.45) is 5.92 Å². The molecular formula is C23H28O10. The zero-order valence-electron chi connectivity index (χ0n) is 19.2. The van der Waals surface area contributed by atoms with Crippen LogP contribution >= 0.6 is 0 Å². The number of carbonyl (C=O) groups excluding carboxylic acids is 4. The van der Waals surface area contributed by atoms with Gasteiger partial charge in [0.15, 0.2) is 17.8 Å². The van der Waals surface area contributed by atoms with E-state index in [4.69, 9.17) is 28.4 Å². The smallest absolute Gasteiger partial charge is 0.341 e. The Morgan fingerprint density at radius 2 is 1.85 bits per heavy atom. The Balaban J connectivity index is 1.82. The largest absolute Gasteiger partial charge is 0.466 e. The lowest BCUT2D eigenvalue weighted by atomic mass is 9.80. The van der Waals surface area contributed by atoms with Gasteiger partial charge in [-0.3, -0.25) is 4.79 Å². The Morgan fingerprint density at radius 3 is 2.42 bits per heavy atom. The summed E-state index contributed by atoms with van der Waals surface area (Å²) < 4.78 is 33.2. The summed E-state index contributed by atoms with van der Waals surface area (Å²) >= 11 is 0. The van der Waals surface area contributed by atoms with Crippen molar-refractivity contribution in [1.82, 2.24) is 0 Å². The first kappa shape index (κ1) is 23.4. The molecule has 10 heteroatoms. The molecule has 0 spiro atoms. The van der Waals surface area contributed by atoms with Gasteiger partial charge in [-0.2, -0.15) is 0 Å². The van der Waals surface area contributed by atoms with Crippen molar-refractivity contribution in [3.63, 3.8) is 0 Å². The highest BCUT2D eigenvalue weighted by Crippen LogP contribution is 2.51. The Kier molecular flexibility index (Phi) is 5.65. The second-order valence-electron chi connectivity index (χ2n) is 9.23. The molecule has 3 fully saturated rings. The van der Waals surface area contributed by atoms with Crippen LogP contribution in [0, 0.1) is 5.92 Å². The summed E-state index contributed by atoms with van der Waals surface area (Å²) in [6, 6.07) is 0. The zero-order chi connectivity index (χ0) is 24.3. The minimum Gasteiger partial charge on any atom is -0.466 e. The van der Waals surface area contributed by atoms with Crippen LogP contribution < -0.4 is 0 Å². The summed E-state index contributed by atoms with van der Waals surface area (Å²) in [6.07, 6.45) is -1.87. The standard InChI is InChI=1S/C23H28O10/c1-10-14-16(31-21(27)23(5)11(2)32-23)15(29-12(3)24)13(20(26)28-6)8-7-9-22(4)18(33-22)17(14)30-19(10)25/h8,11,14-18H,1,7,9H2,2-6H3/b13-8+/t11-,14-,15+,16?,17+,18-,22-,23-/m1/s1. The number of ether oxygens (including phenoxy) is 6. The number of hydrogen-bond acceptors (Lipinski definition) is 10. The zero-order valence-corrected chi connectivity index (χ0v) is 19.2. The van der Waals surface area contributed by atoms with Crippen LogP contribution in [-0.2, 0) is 47.6 Å². The van der Waals surface area contributed by atoms with E-state index >= 15 is 0 Å². The Bertz CT molecular complexity index is 953. The predicted octanol–water partition coefficient (Wildman–Crippen LogP) is 1.16. The third kappa shape index (κ3) is 3.95. The molecule has 0 N–H and O–H groups in total. The molecule has 0 aromatic heterocycles. The first-order valence-corrected chi connectivity index (χ1v) is 10.8. The minimum absolute atomic E-state index is 0.00554. The summed E-state index contributed by atoms with van der Waals surface area (Å²) in [5, 5.41) is 0. The fraction of sp³-hybridized carbons (Fsp3) is 0.652. The van der Waals surface area contributed by atoms with E-state index in [1.807, 2.05) is 6.92 Å². The summed E-state index contributed by atoms with van der Waals surface area (Å²) in [6.45, 7) is 10.2. The van der Waals surface area contributed by atoms with Crippen LogP contribution in [0.25, 0.3) is 0 Å². The van der Waals surface area contributed by atoms with Crippen molar-refractivity contribution >= 4 is 23.9 Å². The summed E-state index contributed by atoms with van der Waals surface area (Å²) in [5.74, 6) is -3.79. The fourth-order valence-electron chi connectivity index (χ4n) is 4.66. The van der Waals surface area contributed by atoms with Crippen molar-refractivity contribution in [3.8, 4) is 0 Å².